The summed E-state index contributed by atoms with van der Waals surface area (Å²) in [4.78, 5) is 13.5. The number of anilines is 1. The SMILES string of the molecule is CC(C)(C)NCc1cccc(Cl)c1N1CCC(C(N)=O)C1. The molecule has 5 heteroatoms. The lowest BCUT2D eigenvalue weighted by atomic mass is 10.1. The Morgan fingerprint density at radius 2 is 2.19 bits per heavy atom. The van der Waals surface area contributed by atoms with Crippen LogP contribution in [-0.2, 0) is 11.3 Å². The molecular formula is C16H24ClN3O. The molecule has 1 unspecified atom stereocenters. The molecule has 1 heterocycles. The number of para-hydroxylation sites is 1. The first-order valence-electron chi connectivity index (χ1n) is 7.34. The van der Waals surface area contributed by atoms with Crippen LogP contribution in [0, 0.1) is 5.92 Å². The monoisotopic (exact) mass is 309 g/mol. The molecule has 1 fully saturated rings. The number of halogens is 1. The second-order valence-corrected chi connectivity index (χ2v) is 7.09. The molecule has 0 aromatic heterocycles. The second kappa shape index (κ2) is 6.24. The number of carbonyl (C=O) groups is 1. The van der Waals surface area contributed by atoms with Gasteiger partial charge in [0.05, 0.1) is 16.6 Å². The normalized spacial score (nSPS) is 19.0. The molecular weight excluding hydrogens is 286 g/mol. The van der Waals surface area contributed by atoms with Gasteiger partial charge in [0.25, 0.3) is 0 Å². The fourth-order valence-corrected chi connectivity index (χ4v) is 2.93. The van der Waals surface area contributed by atoms with Crippen molar-refractivity contribution >= 4 is 23.2 Å². The summed E-state index contributed by atoms with van der Waals surface area (Å²) in [5.74, 6) is -0.302. The lowest BCUT2D eigenvalue weighted by molar-refractivity contribution is -0.121. The Bertz CT molecular complexity index is 525. The predicted molar refractivity (Wildman–Crippen MR) is 87.6 cm³/mol. The van der Waals surface area contributed by atoms with Crippen molar-refractivity contribution in [3.63, 3.8) is 0 Å². The molecule has 3 N–H and O–H groups in total. The highest BCUT2D eigenvalue weighted by molar-refractivity contribution is 6.33. The minimum absolute atomic E-state index is 0.0420. The van der Waals surface area contributed by atoms with Crippen molar-refractivity contribution in [1.29, 1.82) is 0 Å². The Balaban J connectivity index is 2.20. The number of nitrogens with one attached hydrogen (secondary N) is 1. The summed E-state index contributed by atoms with van der Waals surface area (Å²) < 4.78 is 0. The summed E-state index contributed by atoms with van der Waals surface area (Å²) in [5, 5.41) is 4.22. The maximum Gasteiger partial charge on any atom is 0.222 e. The molecule has 0 aliphatic carbocycles. The number of nitrogens with two attached hydrogens (primary N) is 1. The van der Waals surface area contributed by atoms with Crippen molar-refractivity contribution in [1.82, 2.24) is 5.32 Å². The zero-order valence-corrected chi connectivity index (χ0v) is 13.7. The highest BCUT2D eigenvalue weighted by Crippen LogP contribution is 2.34. The van der Waals surface area contributed by atoms with Crippen LogP contribution in [0.25, 0.3) is 0 Å². The van der Waals surface area contributed by atoms with Crippen molar-refractivity contribution in [3.8, 4) is 0 Å². The standard InChI is InChI=1S/C16H24ClN3O/c1-16(2,3)19-9-11-5-4-6-13(17)14(11)20-8-7-12(10-20)15(18)21/h4-6,12,19H,7-10H2,1-3H3,(H2,18,21). The van der Waals surface area contributed by atoms with Crippen molar-refractivity contribution in [2.24, 2.45) is 11.7 Å². The van der Waals surface area contributed by atoms with Crippen molar-refractivity contribution in [3.05, 3.63) is 28.8 Å². The first-order valence-corrected chi connectivity index (χ1v) is 7.72. The third-order valence-corrected chi connectivity index (χ3v) is 4.09. The van der Waals surface area contributed by atoms with Crippen LogP contribution in [0.2, 0.25) is 5.02 Å². The molecule has 1 aliphatic heterocycles. The summed E-state index contributed by atoms with van der Waals surface area (Å²) in [6, 6.07) is 5.94. The van der Waals surface area contributed by atoms with Gasteiger partial charge < -0.3 is 16.0 Å². The highest BCUT2D eigenvalue weighted by Gasteiger charge is 2.29. The van der Waals surface area contributed by atoms with E-state index in [1.165, 1.54) is 0 Å². The molecule has 0 bridgehead atoms. The van der Waals surface area contributed by atoms with Crippen molar-refractivity contribution in [2.45, 2.75) is 39.3 Å². The summed E-state index contributed by atoms with van der Waals surface area (Å²) in [6.45, 7) is 8.63. The minimum atomic E-state index is -0.223. The molecule has 0 spiro atoms. The van der Waals surface area contributed by atoms with E-state index in [-0.39, 0.29) is 17.4 Å². The predicted octanol–water partition coefficient (Wildman–Crippen LogP) is 2.54. The van der Waals surface area contributed by atoms with Gasteiger partial charge in [-0.1, -0.05) is 23.7 Å². The van der Waals surface area contributed by atoms with Gasteiger partial charge in [-0.2, -0.15) is 0 Å². The maximum atomic E-state index is 11.4. The van der Waals surface area contributed by atoms with Gasteiger partial charge in [0.1, 0.15) is 0 Å². The number of hydrogen-bond donors (Lipinski definition) is 2. The molecule has 1 aromatic rings. The average Bonchev–Trinajstić information content (AvgIpc) is 2.85. The van der Waals surface area contributed by atoms with E-state index in [0.29, 0.717) is 6.54 Å². The Morgan fingerprint density at radius 1 is 1.48 bits per heavy atom. The molecule has 21 heavy (non-hydrogen) atoms. The number of rotatable bonds is 4. The molecule has 1 amide bonds. The second-order valence-electron chi connectivity index (χ2n) is 6.69. The lowest BCUT2D eigenvalue weighted by Crippen LogP contribution is -2.35. The Kier molecular flexibility index (Phi) is 4.79. The van der Waals surface area contributed by atoms with Gasteiger partial charge in [0.2, 0.25) is 5.91 Å². The molecule has 0 saturated carbocycles. The topological polar surface area (TPSA) is 58.4 Å². The zero-order chi connectivity index (χ0) is 15.6. The molecule has 1 aromatic carbocycles. The van der Waals surface area contributed by atoms with Crippen LogP contribution in [0.5, 0.6) is 0 Å². The summed E-state index contributed by atoms with van der Waals surface area (Å²) in [7, 11) is 0. The summed E-state index contributed by atoms with van der Waals surface area (Å²) >= 11 is 6.40. The van der Waals surface area contributed by atoms with E-state index in [9.17, 15) is 4.79 Å². The number of amides is 1. The van der Waals surface area contributed by atoms with Gasteiger partial charge >= 0.3 is 0 Å². The summed E-state index contributed by atoms with van der Waals surface area (Å²) in [5.41, 5.74) is 7.64. The number of carbonyl (C=O) groups excluding carboxylic acids is 1. The quantitative estimate of drug-likeness (QED) is 0.898. The van der Waals surface area contributed by atoms with E-state index < -0.39 is 0 Å². The molecule has 1 atom stereocenters. The molecule has 1 aliphatic rings. The number of nitrogens with zero attached hydrogens (tertiary/aromatic N) is 1. The minimum Gasteiger partial charge on any atom is -0.369 e. The van der Waals surface area contributed by atoms with Crippen LogP contribution in [0.4, 0.5) is 5.69 Å². The van der Waals surface area contributed by atoms with Crippen LogP contribution in [-0.4, -0.2) is 24.5 Å². The Hall–Kier alpha value is -1.26. The highest BCUT2D eigenvalue weighted by atomic mass is 35.5. The Morgan fingerprint density at radius 3 is 2.76 bits per heavy atom. The first kappa shape index (κ1) is 16.1. The fourth-order valence-electron chi connectivity index (χ4n) is 2.61. The molecule has 4 nitrogen and oxygen atoms in total. The number of primary amides is 1. The van der Waals surface area contributed by atoms with E-state index in [1.54, 1.807) is 0 Å². The maximum absolute atomic E-state index is 11.4. The van der Waals surface area contributed by atoms with E-state index in [2.05, 4.69) is 37.1 Å². The van der Waals surface area contributed by atoms with Crippen molar-refractivity contribution in [2.75, 3.05) is 18.0 Å². The smallest absolute Gasteiger partial charge is 0.222 e. The third kappa shape index (κ3) is 4.11. The third-order valence-electron chi connectivity index (χ3n) is 3.79. The van der Waals surface area contributed by atoms with E-state index >= 15 is 0 Å². The van der Waals surface area contributed by atoms with Gasteiger partial charge in [0.15, 0.2) is 0 Å². The largest absolute Gasteiger partial charge is 0.369 e. The fraction of sp³-hybridized carbons (Fsp3) is 0.562. The van der Waals surface area contributed by atoms with Gasteiger partial charge in [-0.3, -0.25) is 4.79 Å². The molecule has 116 valence electrons. The zero-order valence-electron chi connectivity index (χ0n) is 12.9. The summed E-state index contributed by atoms with van der Waals surface area (Å²) in [6.07, 6.45) is 0.798. The first-order chi connectivity index (χ1) is 9.78. The van der Waals surface area contributed by atoms with Crippen LogP contribution in [0.1, 0.15) is 32.8 Å². The van der Waals surface area contributed by atoms with Crippen LogP contribution < -0.4 is 16.0 Å². The Labute approximate surface area is 131 Å². The average molecular weight is 310 g/mol. The van der Waals surface area contributed by atoms with E-state index in [4.69, 9.17) is 17.3 Å². The van der Waals surface area contributed by atoms with E-state index in [0.717, 1.165) is 35.8 Å². The van der Waals surface area contributed by atoms with Gasteiger partial charge in [-0.25, -0.2) is 0 Å². The molecule has 2 rings (SSSR count). The molecule has 0 radical (unpaired) electrons. The van der Waals surface area contributed by atoms with Gasteiger partial charge in [0, 0.05) is 25.2 Å². The van der Waals surface area contributed by atoms with Gasteiger partial charge in [-0.15, -0.1) is 0 Å². The van der Waals surface area contributed by atoms with E-state index in [1.807, 2.05) is 12.1 Å². The molecule has 1 saturated heterocycles. The van der Waals surface area contributed by atoms with Crippen LogP contribution in [0.3, 0.4) is 0 Å². The van der Waals surface area contributed by atoms with Crippen molar-refractivity contribution < 1.29 is 4.79 Å². The number of benzene rings is 1. The lowest BCUT2D eigenvalue weighted by Gasteiger charge is -2.26. The number of hydrogen-bond acceptors (Lipinski definition) is 3. The van der Waals surface area contributed by atoms with Crippen LogP contribution >= 0.6 is 11.6 Å². The van der Waals surface area contributed by atoms with Gasteiger partial charge in [-0.05, 0) is 38.8 Å². The van der Waals surface area contributed by atoms with Crippen LogP contribution in [0.15, 0.2) is 18.2 Å².